The van der Waals surface area contributed by atoms with Gasteiger partial charge in [-0.05, 0) is 46.1 Å². The summed E-state index contributed by atoms with van der Waals surface area (Å²) in [5.41, 5.74) is -1.35. The highest BCUT2D eigenvalue weighted by atomic mass is 16.6. The highest BCUT2D eigenvalue weighted by molar-refractivity contribution is 5.99. The molecule has 3 saturated heterocycles. The Hall–Kier alpha value is -2.71. The van der Waals surface area contributed by atoms with Gasteiger partial charge in [0.15, 0.2) is 0 Å². The minimum atomic E-state index is -1.17. The van der Waals surface area contributed by atoms with Crippen LogP contribution in [-0.2, 0) is 23.9 Å². The van der Waals surface area contributed by atoms with Crippen molar-refractivity contribution in [1.29, 1.82) is 0 Å². The Morgan fingerprint density at radius 1 is 1.31 bits per heavy atom. The van der Waals surface area contributed by atoms with Crippen LogP contribution in [0.2, 0.25) is 0 Å². The third kappa shape index (κ3) is 3.78. The zero-order valence-electron chi connectivity index (χ0n) is 21.0. The van der Waals surface area contributed by atoms with Gasteiger partial charge in [0.25, 0.3) is 0 Å². The molecule has 1 aromatic rings. The molecule has 1 N–H and O–H groups in total. The lowest BCUT2D eigenvalue weighted by molar-refractivity contribution is -0.162. The van der Waals surface area contributed by atoms with E-state index in [-0.39, 0.29) is 31.1 Å². The molecule has 0 aromatic heterocycles. The lowest BCUT2D eigenvalue weighted by Crippen LogP contribution is -2.58. The van der Waals surface area contributed by atoms with E-state index in [0.717, 1.165) is 0 Å². The average molecular weight is 485 g/mol. The summed E-state index contributed by atoms with van der Waals surface area (Å²) < 4.78 is 12.0. The maximum absolute atomic E-state index is 14.2. The molecule has 2 amide bonds. The van der Waals surface area contributed by atoms with Crippen LogP contribution in [-0.4, -0.2) is 75.7 Å². The number of nitrogens with zero attached hydrogens (tertiary/aromatic N) is 2. The number of carbonyl (C=O) groups excluding carboxylic acids is 3. The van der Waals surface area contributed by atoms with E-state index >= 15 is 0 Å². The topological polar surface area (TPSA) is 96.4 Å². The second-order valence-corrected chi connectivity index (χ2v) is 10.2. The number of likely N-dealkylation sites (tertiary alicyclic amines) is 1. The van der Waals surface area contributed by atoms with Gasteiger partial charge in [-0.3, -0.25) is 14.4 Å². The second kappa shape index (κ2) is 9.39. The first-order chi connectivity index (χ1) is 16.7. The van der Waals surface area contributed by atoms with Gasteiger partial charge in [0.1, 0.15) is 17.6 Å². The summed E-state index contributed by atoms with van der Waals surface area (Å²) in [7, 11) is 0. The smallest absolute Gasteiger partial charge is 0.312 e. The maximum atomic E-state index is 14.2. The highest BCUT2D eigenvalue weighted by Gasteiger charge is 2.79. The van der Waals surface area contributed by atoms with E-state index < -0.39 is 41.1 Å². The fourth-order valence-electron chi connectivity index (χ4n) is 6.45. The van der Waals surface area contributed by atoms with Crippen molar-refractivity contribution in [1.82, 2.24) is 9.80 Å². The largest absolute Gasteiger partial charge is 0.466 e. The normalized spacial score (nSPS) is 32.0. The first-order valence-electron chi connectivity index (χ1n) is 12.4. The summed E-state index contributed by atoms with van der Waals surface area (Å²) in [6.07, 6.45) is 2.66. The Kier molecular flexibility index (Phi) is 6.81. The molecule has 1 spiro atoms. The lowest BCUT2D eigenvalue weighted by Gasteiger charge is -2.40. The van der Waals surface area contributed by atoms with Gasteiger partial charge in [-0.2, -0.15) is 0 Å². The third-order valence-corrected chi connectivity index (χ3v) is 7.91. The van der Waals surface area contributed by atoms with E-state index in [1.54, 1.807) is 17.9 Å². The Balaban J connectivity index is 1.87. The van der Waals surface area contributed by atoms with E-state index in [0.29, 0.717) is 24.9 Å². The zero-order chi connectivity index (χ0) is 25.5. The van der Waals surface area contributed by atoms with E-state index in [2.05, 4.69) is 6.58 Å². The van der Waals surface area contributed by atoms with Gasteiger partial charge in [0.2, 0.25) is 11.8 Å². The number of amides is 2. The van der Waals surface area contributed by atoms with Gasteiger partial charge in [0.05, 0.1) is 30.8 Å². The number of aliphatic hydroxyl groups is 1. The quantitative estimate of drug-likeness (QED) is 0.427. The minimum absolute atomic E-state index is 0.146. The Labute approximate surface area is 206 Å². The summed E-state index contributed by atoms with van der Waals surface area (Å²) in [6, 6.07) is 7.28. The van der Waals surface area contributed by atoms with Crippen molar-refractivity contribution in [3.05, 3.63) is 48.6 Å². The number of esters is 1. The molecule has 3 heterocycles. The van der Waals surface area contributed by atoms with Crippen LogP contribution in [0.15, 0.2) is 43.0 Å². The number of hydrogen-bond donors (Lipinski definition) is 1. The predicted molar refractivity (Wildman–Crippen MR) is 129 cm³/mol. The predicted octanol–water partition coefficient (Wildman–Crippen LogP) is 2.47. The van der Waals surface area contributed by atoms with Crippen molar-refractivity contribution in [2.45, 2.75) is 69.9 Å². The number of aliphatic hydroxyl groups excluding tert-OH is 1. The Bertz CT molecular complexity index is 997. The monoisotopic (exact) mass is 484 g/mol. The average Bonchev–Trinajstić information content (AvgIpc) is 3.39. The van der Waals surface area contributed by atoms with E-state index in [1.165, 1.54) is 4.90 Å². The van der Waals surface area contributed by atoms with Crippen LogP contribution < -0.4 is 0 Å². The molecule has 8 nitrogen and oxygen atoms in total. The lowest BCUT2D eigenvalue weighted by atomic mass is 9.66. The Morgan fingerprint density at radius 3 is 2.57 bits per heavy atom. The molecular weight excluding hydrogens is 448 g/mol. The molecule has 3 aliphatic heterocycles. The first kappa shape index (κ1) is 25.4. The maximum Gasteiger partial charge on any atom is 0.312 e. The molecule has 35 heavy (non-hydrogen) atoms. The zero-order valence-corrected chi connectivity index (χ0v) is 21.0. The minimum Gasteiger partial charge on any atom is -0.466 e. The highest BCUT2D eigenvalue weighted by Crippen LogP contribution is 2.64. The fraction of sp³-hybridized carbons (Fsp3) is 0.593. The second-order valence-electron chi connectivity index (χ2n) is 10.2. The van der Waals surface area contributed by atoms with Gasteiger partial charge in [-0.15, -0.1) is 6.58 Å². The standard InChI is InChI=1S/C27H36N2O6/c1-6-15-28(17(3)4)24(32)22-27-14-13-26(5,35-27)21(25(33)34-7-2)20(27)23(31)29(22)19(16-30)18-11-9-8-10-12-18/h6,8-12,17,19-22,30H,1,7,13-16H2,2-5H3/t19-,20+,21+,22?,26-,27?/m1/s1. The molecule has 0 saturated carbocycles. The summed E-state index contributed by atoms with van der Waals surface area (Å²) in [6.45, 7) is 11.3. The number of carbonyl (C=O) groups is 3. The number of benzene rings is 1. The summed E-state index contributed by atoms with van der Waals surface area (Å²) >= 11 is 0. The van der Waals surface area contributed by atoms with Crippen LogP contribution in [0.1, 0.15) is 52.1 Å². The molecule has 0 aliphatic carbocycles. The molecule has 2 unspecified atom stereocenters. The molecule has 8 heteroatoms. The van der Waals surface area contributed by atoms with Gasteiger partial charge in [-0.25, -0.2) is 0 Å². The first-order valence-corrected chi connectivity index (χ1v) is 12.4. The number of fused-ring (bicyclic) bond motifs is 1. The van der Waals surface area contributed by atoms with Crippen LogP contribution in [0.4, 0.5) is 0 Å². The molecule has 3 aliphatic rings. The van der Waals surface area contributed by atoms with Crippen molar-refractivity contribution < 1.29 is 29.0 Å². The Morgan fingerprint density at radius 2 is 2.00 bits per heavy atom. The fourth-order valence-corrected chi connectivity index (χ4v) is 6.45. The van der Waals surface area contributed by atoms with Crippen LogP contribution in [0, 0.1) is 11.8 Å². The van der Waals surface area contributed by atoms with Crippen molar-refractivity contribution in [2.75, 3.05) is 19.8 Å². The number of rotatable bonds is 9. The van der Waals surface area contributed by atoms with Crippen LogP contribution >= 0.6 is 0 Å². The molecule has 0 radical (unpaired) electrons. The molecule has 190 valence electrons. The van der Waals surface area contributed by atoms with Gasteiger partial charge < -0.3 is 24.4 Å². The molecule has 1 aromatic carbocycles. The van der Waals surface area contributed by atoms with E-state index in [1.807, 2.05) is 51.1 Å². The van der Waals surface area contributed by atoms with Gasteiger partial charge in [-0.1, -0.05) is 36.4 Å². The molecular formula is C27H36N2O6. The van der Waals surface area contributed by atoms with Crippen molar-refractivity contribution in [3.63, 3.8) is 0 Å². The van der Waals surface area contributed by atoms with Crippen molar-refractivity contribution in [2.24, 2.45) is 11.8 Å². The van der Waals surface area contributed by atoms with Crippen molar-refractivity contribution in [3.8, 4) is 0 Å². The van der Waals surface area contributed by atoms with Gasteiger partial charge in [0, 0.05) is 12.6 Å². The van der Waals surface area contributed by atoms with Crippen LogP contribution in [0.5, 0.6) is 0 Å². The number of ether oxygens (including phenoxy) is 2. The number of hydrogen-bond acceptors (Lipinski definition) is 6. The summed E-state index contributed by atoms with van der Waals surface area (Å²) in [5, 5.41) is 10.5. The van der Waals surface area contributed by atoms with Gasteiger partial charge >= 0.3 is 5.97 Å². The summed E-state index contributed by atoms with van der Waals surface area (Å²) in [5.74, 6) is -2.76. The molecule has 6 atom stereocenters. The van der Waals surface area contributed by atoms with Crippen LogP contribution in [0.25, 0.3) is 0 Å². The van der Waals surface area contributed by atoms with Crippen LogP contribution in [0.3, 0.4) is 0 Å². The van der Waals surface area contributed by atoms with E-state index in [9.17, 15) is 19.5 Å². The van der Waals surface area contributed by atoms with E-state index in [4.69, 9.17) is 9.47 Å². The molecule has 4 rings (SSSR count). The molecule has 2 bridgehead atoms. The summed E-state index contributed by atoms with van der Waals surface area (Å²) in [4.78, 5) is 44.7. The SMILES string of the molecule is C=CCN(C(=O)C1N([C@H](CO)c2ccccc2)C(=O)[C@@H]2[C@@H](C(=O)OCC)[C@@]3(C)CCC12O3)C(C)C. The van der Waals surface area contributed by atoms with Crippen molar-refractivity contribution >= 4 is 17.8 Å². The molecule has 3 fully saturated rings. The third-order valence-electron chi connectivity index (χ3n) is 7.91.